The van der Waals surface area contributed by atoms with Crippen molar-refractivity contribution in [3.8, 4) is 11.1 Å². The molecule has 1 aliphatic rings. The van der Waals surface area contributed by atoms with Gasteiger partial charge in [0.15, 0.2) is 6.29 Å². The number of hydrogen-bond acceptors (Lipinski definition) is 8. The van der Waals surface area contributed by atoms with Crippen LogP contribution < -0.4 is 16.4 Å². The Labute approximate surface area is 335 Å². The van der Waals surface area contributed by atoms with Crippen LogP contribution in [0.3, 0.4) is 0 Å². The first kappa shape index (κ1) is 41.3. The molecule has 1 fully saturated rings. The number of aliphatic hydroxyl groups is 2. The highest BCUT2D eigenvalue weighted by atomic mass is 16.7. The quantitative estimate of drug-likeness (QED) is 0.0475. The number of benzene rings is 5. The summed E-state index contributed by atoms with van der Waals surface area (Å²) < 4.78 is 13.2. The number of unbranched alkanes of at least 4 members (excludes halogenated alkanes) is 1. The van der Waals surface area contributed by atoms with Gasteiger partial charge in [-0.25, -0.2) is 0 Å². The number of ether oxygens (including phenoxy) is 2. The number of carbonyl (C=O) groups excluding carboxylic acids is 2. The van der Waals surface area contributed by atoms with Crippen molar-refractivity contribution in [1.29, 1.82) is 0 Å². The van der Waals surface area contributed by atoms with E-state index in [-0.39, 0.29) is 36.7 Å². The van der Waals surface area contributed by atoms with Crippen LogP contribution in [0.4, 0.5) is 11.4 Å². The minimum Gasteiger partial charge on any atom is -0.397 e. The molecule has 1 aliphatic heterocycles. The standard InChI is InChI=1S/C47H54N4O6/c1-32(46(55)36-12-4-3-5-13-36)51(2)30-39-28-43(35-22-20-33(31-52)21-23-35)57-47(56-39)37-26-24-34(25-27-37)40-15-7-6-14-38(40)29-49-44(53)18-10-11-19-45(54)50-42-17-9-8-16-41(42)48/h3-9,12-17,20-27,32,39,43,46-47,52,55H,10-11,18-19,28-31,48H2,1-2H3,(H,49,53)(H,50,54). The number of hydrogen-bond donors (Lipinski definition) is 5. The molecule has 1 saturated heterocycles. The van der Waals surface area contributed by atoms with Gasteiger partial charge in [0.05, 0.1) is 36.3 Å². The molecule has 10 heteroatoms. The van der Waals surface area contributed by atoms with E-state index >= 15 is 0 Å². The molecule has 6 N–H and O–H groups in total. The van der Waals surface area contributed by atoms with Gasteiger partial charge in [0.25, 0.3) is 0 Å². The molecule has 5 aromatic rings. The van der Waals surface area contributed by atoms with E-state index in [0.717, 1.165) is 38.9 Å². The fourth-order valence-electron chi connectivity index (χ4n) is 7.14. The van der Waals surface area contributed by atoms with Gasteiger partial charge in [0.2, 0.25) is 11.8 Å². The number of rotatable bonds is 17. The molecule has 0 aromatic heterocycles. The number of amides is 2. The third kappa shape index (κ3) is 11.4. The lowest BCUT2D eigenvalue weighted by Crippen LogP contribution is -2.43. The van der Waals surface area contributed by atoms with Crippen molar-refractivity contribution in [3.63, 3.8) is 0 Å². The Hall–Kier alpha value is -5.36. The van der Waals surface area contributed by atoms with Crippen LogP contribution in [0.5, 0.6) is 0 Å². The topological polar surface area (TPSA) is 146 Å². The Bertz CT molecular complexity index is 2040. The minimum atomic E-state index is -0.650. The van der Waals surface area contributed by atoms with E-state index in [4.69, 9.17) is 15.2 Å². The van der Waals surface area contributed by atoms with E-state index in [2.05, 4.69) is 27.7 Å². The number of nitrogens with two attached hydrogens (primary N) is 1. The SMILES string of the molecule is CC(C(O)c1ccccc1)N(C)CC1CC(c2ccc(CO)cc2)OC(c2ccc(-c3ccccc3CNC(=O)CCCCC(=O)Nc3ccccc3N)cc2)O1. The highest BCUT2D eigenvalue weighted by Gasteiger charge is 2.34. The summed E-state index contributed by atoms with van der Waals surface area (Å²) in [7, 11) is 2.01. The number of aliphatic hydroxyl groups excluding tert-OH is 2. The van der Waals surface area contributed by atoms with Crippen molar-refractivity contribution in [2.45, 2.75) is 82.8 Å². The number of nitrogens with one attached hydrogen (secondary N) is 2. The summed E-state index contributed by atoms with van der Waals surface area (Å²) in [6.45, 7) is 2.97. The Kier molecular flexibility index (Phi) is 14.6. The van der Waals surface area contributed by atoms with Gasteiger partial charge in [-0.3, -0.25) is 14.5 Å². The van der Waals surface area contributed by atoms with Crippen molar-refractivity contribution >= 4 is 23.2 Å². The van der Waals surface area contributed by atoms with Gasteiger partial charge in [-0.15, -0.1) is 0 Å². The van der Waals surface area contributed by atoms with Crippen molar-refractivity contribution in [3.05, 3.63) is 155 Å². The smallest absolute Gasteiger partial charge is 0.224 e. The molecule has 2 amide bonds. The average molecular weight is 771 g/mol. The molecule has 5 unspecified atom stereocenters. The first-order valence-electron chi connectivity index (χ1n) is 19.7. The van der Waals surface area contributed by atoms with Crippen LogP contribution in [0.25, 0.3) is 11.1 Å². The Morgan fingerprint density at radius 1 is 0.807 bits per heavy atom. The third-order valence-corrected chi connectivity index (χ3v) is 10.7. The van der Waals surface area contributed by atoms with Gasteiger partial charge in [0.1, 0.15) is 0 Å². The molecule has 0 bridgehead atoms. The van der Waals surface area contributed by atoms with E-state index in [0.29, 0.717) is 56.6 Å². The lowest BCUT2D eigenvalue weighted by Gasteiger charge is -2.39. The summed E-state index contributed by atoms with van der Waals surface area (Å²) in [4.78, 5) is 27.2. The zero-order valence-corrected chi connectivity index (χ0v) is 32.7. The Morgan fingerprint density at radius 2 is 1.46 bits per heavy atom. The first-order chi connectivity index (χ1) is 27.7. The number of para-hydroxylation sites is 2. The second kappa shape index (κ2) is 20.2. The highest BCUT2D eigenvalue weighted by Crippen LogP contribution is 2.39. The van der Waals surface area contributed by atoms with E-state index in [9.17, 15) is 19.8 Å². The molecule has 6 rings (SSSR count). The van der Waals surface area contributed by atoms with Crippen LogP contribution in [0, 0.1) is 0 Å². The normalized spacial score (nSPS) is 17.8. The molecule has 0 radical (unpaired) electrons. The fourth-order valence-corrected chi connectivity index (χ4v) is 7.14. The highest BCUT2D eigenvalue weighted by molar-refractivity contribution is 5.93. The Balaban J connectivity index is 1.07. The summed E-state index contributed by atoms with van der Waals surface area (Å²) >= 11 is 0. The van der Waals surface area contributed by atoms with E-state index < -0.39 is 12.4 Å². The van der Waals surface area contributed by atoms with Crippen molar-refractivity contribution < 1.29 is 29.3 Å². The summed E-state index contributed by atoms with van der Waals surface area (Å²) in [5.41, 5.74) is 13.6. The number of nitrogen functional groups attached to an aromatic ring is 1. The molecular weight excluding hydrogens is 717 g/mol. The predicted molar refractivity (Wildman–Crippen MR) is 224 cm³/mol. The van der Waals surface area contributed by atoms with Gasteiger partial charge < -0.3 is 36.1 Å². The van der Waals surface area contributed by atoms with E-state index in [1.165, 1.54) is 0 Å². The van der Waals surface area contributed by atoms with Crippen molar-refractivity contribution in [2.24, 2.45) is 0 Å². The van der Waals surface area contributed by atoms with Crippen LogP contribution in [0.2, 0.25) is 0 Å². The molecule has 0 aliphatic carbocycles. The molecule has 5 atom stereocenters. The summed E-state index contributed by atoms with van der Waals surface area (Å²) in [5, 5.41) is 26.6. The summed E-state index contributed by atoms with van der Waals surface area (Å²) in [6.07, 6.45) is 0.760. The van der Waals surface area contributed by atoms with Gasteiger partial charge in [-0.2, -0.15) is 0 Å². The molecule has 57 heavy (non-hydrogen) atoms. The molecule has 0 saturated carbocycles. The lowest BCUT2D eigenvalue weighted by atomic mass is 9.97. The number of carbonyl (C=O) groups is 2. The van der Waals surface area contributed by atoms with E-state index in [1.807, 2.05) is 117 Å². The second-order valence-electron chi connectivity index (χ2n) is 14.8. The zero-order valence-electron chi connectivity index (χ0n) is 32.7. The lowest BCUT2D eigenvalue weighted by molar-refractivity contribution is -0.253. The minimum absolute atomic E-state index is 0.0254. The van der Waals surface area contributed by atoms with Gasteiger partial charge in [-0.05, 0) is 72.3 Å². The number of likely N-dealkylation sites (N-methyl/N-ethyl adjacent to an activating group) is 1. The maximum Gasteiger partial charge on any atom is 0.224 e. The predicted octanol–water partition coefficient (Wildman–Crippen LogP) is 7.84. The molecule has 10 nitrogen and oxygen atoms in total. The zero-order chi connectivity index (χ0) is 40.1. The summed E-state index contributed by atoms with van der Waals surface area (Å²) in [5.74, 6) is -0.190. The van der Waals surface area contributed by atoms with Crippen molar-refractivity contribution in [1.82, 2.24) is 10.2 Å². The fraction of sp³-hybridized carbons (Fsp3) is 0.319. The Morgan fingerprint density at radius 3 is 2.18 bits per heavy atom. The first-order valence-corrected chi connectivity index (χ1v) is 19.7. The molecule has 5 aromatic carbocycles. The average Bonchev–Trinajstić information content (AvgIpc) is 3.25. The molecular formula is C47H54N4O6. The largest absolute Gasteiger partial charge is 0.397 e. The van der Waals surface area contributed by atoms with Crippen molar-refractivity contribution in [2.75, 3.05) is 24.6 Å². The van der Waals surface area contributed by atoms with Gasteiger partial charge in [0, 0.05) is 44.0 Å². The maximum absolute atomic E-state index is 12.8. The molecule has 0 spiro atoms. The molecule has 298 valence electrons. The van der Waals surface area contributed by atoms with Crippen LogP contribution in [-0.4, -0.2) is 52.7 Å². The van der Waals surface area contributed by atoms with Gasteiger partial charge >= 0.3 is 0 Å². The summed E-state index contributed by atoms with van der Waals surface area (Å²) in [6, 6.07) is 40.7. The second-order valence-corrected chi connectivity index (χ2v) is 14.8. The van der Waals surface area contributed by atoms with E-state index in [1.54, 1.807) is 12.1 Å². The monoisotopic (exact) mass is 770 g/mol. The van der Waals surface area contributed by atoms with Crippen LogP contribution >= 0.6 is 0 Å². The number of anilines is 2. The van der Waals surface area contributed by atoms with Gasteiger partial charge in [-0.1, -0.05) is 115 Å². The number of nitrogens with zero attached hydrogens (tertiary/aromatic N) is 1. The van der Waals surface area contributed by atoms with Crippen LogP contribution in [0.15, 0.2) is 127 Å². The van der Waals surface area contributed by atoms with Crippen LogP contribution in [0.1, 0.15) is 85.3 Å². The third-order valence-electron chi connectivity index (χ3n) is 10.7. The molecule has 1 heterocycles. The maximum atomic E-state index is 12.8. The van der Waals surface area contributed by atoms with Crippen LogP contribution in [-0.2, 0) is 32.2 Å².